The quantitative estimate of drug-likeness (QED) is 0.816. The van der Waals surface area contributed by atoms with Crippen LogP contribution in [0.4, 0.5) is 0 Å². The molecule has 0 aliphatic heterocycles. The van der Waals surface area contributed by atoms with E-state index in [1.807, 2.05) is 0 Å². The number of thiophene rings is 1. The Hall–Kier alpha value is -1.69. The number of carbonyl (C=O) groups is 1. The van der Waals surface area contributed by atoms with Gasteiger partial charge in [-0.05, 0) is 44.6 Å². The maximum absolute atomic E-state index is 12.8. The van der Waals surface area contributed by atoms with Crippen LogP contribution >= 0.6 is 11.3 Å². The summed E-state index contributed by atoms with van der Waals surface area (Å²) in [6.45, 7) is 5.97. The Bertz CT molecular complexity index is 778. The highest BCUT2D eigenvalue weighted by Crippen LogP contribution is 2.35. The molecule has 0 saturated carbocycles. The molecular formula is C16H20N2O3S. The van der Waals surface area contributed by atoms with Crippen molar-refractivity contribution in [1.82, 2.24) is 9.55 Å². The third-order valence-corrected chi connectivity index (χ3v) is 5.45. The lowest BCUT2D eigenvalue weighted by molar-refractivity contribution is -0.146. The van der Waals surface area contributed by atoms with Crippen molar-refractivity contribution in [3.63, 3.8) is 0 Å². The van der Waals surface area contributed by atoms with E-state index in [0.717, 1.165) is 29.7 Å². The molecule has 0 N–H and O–H groups in total. The van der Waals surface area contributed by atoms with Gasteiger partial charge in [-0.2, -0.15) is 0 Å². The molecule has 1 aliphatic carbocycles. The van der Waals surface area contributed by atoms with Crippen molar-refractivity contribution >= 4 is 27.5 Å². The maximum atomic E-state index is 12.8. The van der Waals surface area contributed by atoms with Crippen LogP contribution in [-0.2, 0) is 22.4 Å². The van der Waals surface area contributed by atoms with Crippen molar-refractivity contribution in [2.24, 2.45) is 5.92 Å². The number of esters is 1. The minimum absolute atomic E-state index is 0.127. The summed E-state index contributed by atoms with van der Waals surface area (Å²) in [5, 5.41) is 0.700. The fourth-order valence-electron chi connectivity index (χ4n) is 3.00. The van der Waals surface area contributed by atoms with Crippen LogP contribution in [0.2, 0.25) is 0 Å². The number of fused-ring (bicyclic) bond motifs is 3. The molecule has 0 fully saturated rings. The second-order valence-corrected chi connectivity index (χ2v) is 7.00. The first kappa shape index (κ1) is 15.2. The van der Waals surface area contributed by atoms with E-state index in [1.165, 1.54) is 15.8 Å². The molecule has 0 bridgehead atoms. The van der Waals surface area contributed by atoms with Crippen molar-refractivity contribution in [2.75, 3.05) is 6.61 Å². The predicted octanol–water partition coefficient (Wildman–Crippen LogP) is 2.71. The molecule has 2 aromatic heterocycles. The number of rotatable bonds is 3. The van der Waals surface area contributed by atoms with E-state index in [1.54, 1.807) is 25.2 Å². The Balaban J connectivity index is 2.10. The van der Waals surface area contributed by atoms with Gasteiger partial charge in [0.05, 0.1) is 18.3 Å². The van der Waals surface area contributed by atoms with Gasteiger partial charge >= 0.3 is 5.97 Å². The summed E-state index contributed by atoms with van der Waals surface area (Å²) in [5.41, 5.74) is 1.01. The molecule has 0 spiro atoms. The van der Waals surface area contributed by atoms with Crippen LogP contribution in [0.3, 0.4) is 0 Å². The largest absolute Gasteiger partial charge is 0.464 e. The summed E-state index contributed by atoms with van der Waals surface area (Å²) in [5.74, 6) is 0.254. The minimum atomic E-state index is -0.651. The van der Waals surface area contributed by atoms with Gasteiger partial charge in [0.15, 0.2) is 0 Å². The Morgan fingerprint density at radius 2 is 2.36 bits per heavy atom. The Morgan fingerprint density at radius 1 is 1.59 bits per heavy atom. The zero-order valence-corrected chi connectivity index (χ0v) is 13.9. The van der Waals surface area contributed by atoms with Crippen molar-refractivity contribution in [1.29, 1.82) is 0 Å². The number of hydrogen-bond acceptors (Lipinski definition) is 5. The molecule has 0 unspecified atom stereocenters. The van der Waals surface area contributed by atoms with Crippen LogP contribution < -0.4 is 5.56 Å². The zero-order chi connectivity index (χ0) is 15.9. The van der Waals surface area contributed by atoms with E-state index >= 15 is 0 Å². The second-order valence-electron chi connectivity index (χ2n) is 5.92. The van der Waals surface area contributed by atoms with Gasteiger partial charge < -0.3 is 4.74 Å². The molecule has 0 amide bonds. The lowest BCUT2D eigenvalue weighted by atomic mass is 9.89. The molecule has 0 radical (unpaired) electrons. The lowest BCUT2D eigenvalue weighted by Gasteiger charge is -2.18. The molecule has 118 valence electrons. The van der Waals surface area contributed by atoms with Gasteiger partial charge in [0, 0.05) is 4.88 Å². The Kier molecular flexibility index (Phi) is 4.04. The third-order valence-electron chi connectivity index (χ3n) is 4.29. The van der Waals surface area contributed by atoms with Gasteiger partial charge in [-0.25, -0.2) is 9.78 Å². The van der Waals surface area contributed by atoms with Crippen LogP contribution in [0.5, 0.6) is 0 Å². The minimum Gasteiger partial charge on any atom is -0.464 e. The molecule has 1 aliphatic rings. The first-order chi connectivity index (χ1) is 10.5. The van der Waals surface area contributed by atoms with Crippen molar-refractivity contribution in [3.05, 3.63) is 27.1 Å². The number of aryl methyl sites for hydroxylation is 1. The predicted molar refractivity (Wildman–Crippen MR) is 86.4 cm³/mol. The Morgan fingerprint density at radius 3 is 3.09 bits per heavy atom. The lowest BCUT2D eigenvalue weighted by Crippen LogP contribution is -2.29. The summed E-state index contributed by atoms with van der Waals surface area (Å²) in [6.07, 6.45) is 4.51. The smallest absolute Gasteiger partial charge is 0.328 e. The second kappa shape index (κ2) is 5.83. The molecule has 2 aromatic rings. The molecule has 22 heavy (non-hydrogen) atoms. The number of hydrogen-bond donors (Lipinski definition) is 0. The van der Waals surface area contributed by atoms with Gasteiger partial charge in [-0.1, -0.05) is 6.92 Å². The van der Waals surface area contributed by atoms with E-state index in [-0.39, 0.29) is 5.56 Å². The number of aromatic nitrogens is 2. The topological polar surface area (TPSA) is 61.2 Å². The van der Waals surface area contributed by atoms with Crippen molar-refractivity contribution in [3.8, 4) is 0 Å². The number of carbonyl (C=O) groups excluding carboxylic acids is 1. The highest BCUT2D eigenvalue weighted by atomic mass is 32.1. The summed E-state index contributed by atoms with van der Waals surface area (Å²) < 4.78 is 6.40. The average molecular weight is 320 g/mol. The van der Waals surface area contributed by atoms with Crippen LogP contribution in [-0.4, -0.2) is 22.1 Å². The van der Waals surface area contributed by atoms with E-state index in [4.69, 9.17) is 4.74 Å². The first-order valence-electron chi connectivity index (χ1n) is 7.71. The van der Waals surface area contributed by atoms with Gasteiger partial charge in [-0.3, -0.25) is 9.36 Å². The summed E-state index contributed by atoms with van der Waals surface area (Å²) >= 11 is 1.62. The highest BCUT2D eigenvalue weighted by Gasteiger charge is 2.25. The van der Waals surface area contributed by atoms with E-state index < -0.39 is 12.0 Å². The molecule has 0 saturated heterocycles. The number of nitrogens with zero attached hydrogens (tertiary/aromatic N) is 2. The van der Waals surface area contributed by atoms with Crippen molar-refractivity contribution < 1.29 is 9.53 Å². The normalized spacial score (nSPS) is 19.0. The molecule has 6 heteroatoms. The Labute approximate surface area is 132 Å². The molecule has 3 rings (SSSR count). The number of ether oxygens (including phenoxy) is 1. The maximum Gasteiger partial charge on any atom is 0.328 e. The third kappa shape index (κ3) is 2.45. The molecular weight excluding hydrogens is 300 g/mol. The van der Waals surface area contributed by atoms with E-state index in [0.29, 0.717) is 17.9 Å². The average Bonchev–Trinajstić information content (AvgIpc) is 2.85. The van der Waals surface area contributed by atoms with Crippen LogP contribution in [0.25, 0.3) is 10.2 Å². The van der Waals surface area contributed by atoms with E-state index in [9.17, 15) is 9.59 Å². The molecule has 2 heterocycles. The van der Waals surface area contributed by atoms with Gasteiger partial charge in [-0.15, -0.1) is 11.3 Å². The molecule has 2 atom stereocenters. The van der Waals surface area contributed by atoms with Crippen LogP contribution in [0.15, 0.2) is 11.1 Å². The van der Waals surface area contributed by atoms with Gasteiger partial charge in [0.1, 0.15) is 10.9 Å². The fraction of sp³-hybridized carbons (Fsp3) is 0.562. The zero-order valence-electron chi connectivity index (χ0n) is 13.1. The van der Waals surface area contributed by atoms with Gasteiger partial charge in [0.25, 0.3) is 5.56 Å². The molecule has 5 nitrogen and oxygen atoms in total. The van der Waals surface area contributed by atoms with E-state index in [2.05, 4.69) is 11.9 Å². The van der Waals surface area contributed by atoms with Crippen molar-refractivity contribution in [2.45, 2.75) is 46.1 Å². The van der Waals surface area contributed by atoms with Crippen LogP contribution in [0.1, 0.15) is 43.7 Å². The highest BCUT2D eigenvalue weighted by molar-refractivity contribution is 7.18. The fourth-order valence-corrected chi connectivity index (χ4v) is 4.34. The summed E-state index contributed by atoms with van der Waals surface area (Å²) in [4.78, 5) is 31.2. The standard InChI is InChI=1S/C16H20N2O3S/c1-4-21-16(20)10(3)18-8-17-14-13(15(18)19)11-6-5-9(2)7-12(11)22-14/h8-10H,4-7H2,1-3H3/t9-,10+/m1/s1. The first-order valence-corrected chi connectivity index (χ1v) is 8.52. The van der Waals surface area contributed by atoms with Crippen LogP contribution in [0, 0.1) is 5.92 Å². The summed E-state index contributed by atoms with van der Waals surface area (Å²) in [6, 6.07) is -0.651. The van der Waals surface area contributed by atoms with Gasteiger partial charge in [0.2, 0.25) is 0 Å². The SMILES string of the molecule is CCOC(=O)[C@H](C)n1cnc2sc3c(c2c1=O)CC[C@@H](C)C3. The monoisotopic (exact) mass is 320 g/mol. The summed E-state index contributed by atoms with van der Waals surface area (Å²) in [7, 11) is 0. The molecule has 0 aromatic carbocycles.